The van der Waals surface area contributed by atoms with Crippen molar-refractivity contribution in [1.29, 1.82) is 0 Å². The third-order valence-corrected chi connectivity index (χ3v) is 4.61. The normalized spacial score (nSPS) is 14.1. The zero-order chi connectivity index (χ0) is 19.8. The molecule has 1 atom stereocenters. The lowest BCUT2D eigenvalue weighted by atomic mass is 10.1. The molecule has 4 rings (SSSR count). The van der Waals surface area contributed by atoms with Gasteiger partial charge in [-0.15, -0.1) is 0 Å². The summed E-state index contributed by atoms with van der Waals surface area (Å²) in [4.78, 5) is 42.8. The number of anilines is 1. The first-order valence-electron chi connectivity index (χ1n) is 8.71. The predicted molar refractivity (Wildman–Crippen MR) is 101 cm³/mol. The zero-order valence-corrected chi connectivity index (χ0v) is 15.3. The van der Waals surface area contributed by atoms with Crippen molar-refractivity contribution in [1.82, 2.24) is 19.7 Å². The van der Waals surface area contributed by atoms with E-state index in [9.17, 15) is 14.4 Å². The number of aryl methyl sites for hydroxylation is 1. The molecule has 0 saturated heterocycles. The minimum Gasteiger partial charge on any atom is -0.307 e. The minimum absolute atomic E-state index is 0.317. The van der Waals surface area contributed by atoms with Crippen molar-refractivity contribution in [3.63, 3.8) is 0 Å². The molecule has 2 aromatic heterocycles. The number of rotatable bonds is 4. The van der Waals surface area contributed by atoms with Crippen molar-refractivity contribution >= 4 is 23.5 Å². The smallest absolute Gasteiger partial charge is 0.262 e. The molecule has 0 aliphatic carbocycles. The molecule has 8 heteroatoms. The molecule has 1 aromatic carbocycles. The lowest BCUT2D eigenvalue weighted by Crippen LogP contribution is -2.45. The molecule has 0 fully saturated rings. The van der Waals surface area contributed by atoms with Gasteiger partial charge in [-0.3, -0.25) is 24.3 Å². The number of amides is 3. The van der Waals surface area contributed by atoms with Gasteiger partial charge in [0.05, 0.1) is 16.8 Å². The number of hydrogen-bond donors (Lipinski definition) is 1. The van der Waals surface area contributed by atoms with Crippen LogP contribution in [0.1, 0.15) is 33.2 Å². The highest BCUT2D eigenvalue weighted by Crippen LogP contribution is 2.26. The first kappa shape index (κ1) is 17.6. The number of hydrogen-bond acceptors (Lipinski definition) is 5. The molecule has 3 aromatic rings. The van der Waals surface area contributed by atoms with E-state index in [2.05, 4.69) is 15.4 Å². The summed E-state index contributed by atoms with van der Waals surface area (Å²) in [5.41, 5.74) is 2.31. The molecule has 0 spiro atoms. The van der Waals surface area contributed by atoms with Gasteiger partial charge in [-0.2, -0.15) is 5.10 Å². The second-order valence-electron chi connectivity index (χ2n) is 6.55. The van der Waals surface area contributed by atoms with E-state index < -0.39 is 23.8 Å². The summed E-state index contributed by atoms with van der Waals surface area (Å²) in [6.45, 7) is 3.36. The van der Waals surface area contributed by atoms with Gasteiger partial charge in [-0.05, 0) is 38.1 Å². The van der Waals surface area contributed by atoms with E-state index in [0.717, 1.165) is 16.2 Å². The number of nitrogens with one attached hydrogen (secondary N) is 1. The molecule has 0 saturated carbocycles. The van der Waals surface area contributed by atoms with Crippen molar-refractivity contribution < 1.29 is 14.4 Å². The van der Waals surface area contributed by atoms with Crippen LogP contribution < -0.4 is 5.32 Å². The lowest BCUT2D eigenvalue weighted by Gasteiger charge is -2.21. The summed E-state index contributed by atoms with van der Waals surface area (Å²) in [6.07, 6.45) is 4.98. The Labute approximate surface area is 160 Å². The average molecular weight is 375 g/mol. The van der Waals surface area contributed by atoms with E-state index in [0.29, 0.717) is 16.9 Å². The second-order valence-corrected chi connectivity index (χ2v) is 6.55. The van der Waals surface area contributed by atoms with Gasteiger partial charge in [-0.25, -0.2) is 4.68 Å². The highest BCUT2D eigenvalue weighted by Gasteiger charge is 2.40. The van der Waals surface area contributed by atoms with Crippen LogP contribution in [0.5, 0.6) is 0 Å². The highest BCUT2D eigenvalue weighted by atomic mass is 16.2. The van der Waals surface area contributed by atoms with E-state index in [1.807, 2.05) is 6.92 Å². The molecule has 8 nitrogen and oxygen atoms in total. The fraction of sp³-hybridized carbons (Fsp3) is 0.150. The summed E-state index contributed by atoms with van der Waals surface area (Å²) in [7, 11) is 0. The minimum atomic E-state index is -0.973. The quantitative estimate of drug-likeness (QED) is 0.705. The Hall–Kier alpha value is -3.81. The monoisotopic (exact) mass is 375 g/mol. The van der Waals surface area contributed by atoms with Crippen LogP contribution in [0.15, 0.2) is 55.0 Å². The van der Waals surface area contributed by atoms with Crippen molar-refractivity contribution in [2.75, 3.05) is 5.32 Å². The van der Waals surface area contributed by atoms with Crippen LogP contribution in [-0.2, 0) is 4.79 Å². The van der Waals surface area contributed by atoms with E-state index in [-0.39, 0.29) is 0 Å². The Bertz CT molecular complexity index is 1090. The lowest BCUT2D eigenvalue weighted by molar-refractivity contribution is -0.119. The van der Waals surface area contributed by atoms with E-state index in [1.54, 1.807) is 59.7 Å². The van der Waals surface area contributed by atoms with Crippen LogP contribution in [-0.4, -0.2) is 43.4 Å². The van der Waals surface area contributed by atoms with Gasteiger partial charge in [0.15, 0.2) is 5.82 Å². The summed E-state index contributed by atoms with van der Waals surface area (Å²) in [6, 6.07) is 9.27. The maximum atomic E-state index is 12.6. The zero-order valence-electron chi connectivity index (χ0n) is 15.3. The number of pyridine rings is 1. The maximum Gasteiger partial charge on any atom is 0.262 e. The molecule has 1 aliphatic rings. The van der Waals surface area contributed by atoms with Gasteiger partial charge < -0.3 is 5.32 Å². The van der Waals surface area contributed by atoms with Gasteiger partial charge in [0.25, 0.3) is 11.8 Å². The molecule has 0 bridgehead atoms. The van der Waals surface area contributed by atoms with Crippen LogP contribution in [0.2, 0.25) is 0 Å². The standard InChI is InChI=1S/C20H17N5O3/c1-12-3-4-15-16(11-12)20(28)25(19(15)27)13(2)18(26)22-17-7-10-24(23-17)14-5-8-21-9-6-14/h3-11,13H,1-2H3,(H,22,23,26)/t13-/m0/s1. The predicted octanol–water partition coefficient (Wildman–Crippen LogP) is 2.20. The fourth-order valence-corrected chi connectivity index (χ4v) is 3.10. The number of aromatic nitrogens is 3. The van der Waals surface area contributed by atoms with Gasteiger partial charge in [0, 0.05) is 24.7 Å². The van der Waals surface area contributed by atoms with E-state index in [4.69, 9.17) is 0 Å². The van der Waals surface area contributed by atoms with Crippen molar-refractivity contribution in [2.24, 2.45) is 0 Å². The Morgan fingerprint density at radius 3 is 2.50 bits per heavy atom. The first-order valence-corrected chi connectivity index (χ1v) is 8.71. The topological polar surface area (TPSA) is 97.2 Å². The molecular formula is C20H17N5O3. The number of carbonyl (C=O) groups excluding carboxylic acids is 3. The van der Waals surface area contributed by atoms with Crippen LogP contribution in [0.25, 0.3) is 5.69 Å². The maximum absolute atomic E-state index is 12.6. The van der Waals surface area contributed by atoms with E-state index in [1.165, 1.54) is 6.92 Å². The average Bonchev–Trinajstić information content (AvgIpc) is 3.25. The molecular weight excluding hydrogens is 358 g/mol. The molecule has 0 radical (unpaired) electrons. The van der Waals surface area contributed by atoms with Crippen LogP contribution in [0, 0.1) is 6.92 Å². The molecule has 140 valence electrons. The van der Waals surface area contributed by atoms with Gasteiger partial charge >= 0.3 is 0 Å². The van der Waals surface area contributed by atoms with Crippen molar-refractivity contribution in [3.8, 4) is 5.69 Å². The second kappa shape index (κ2) is 6.73. The van der Waals surface area contributed by atoms with E-state index >= 15 is 0 Å². The Morgan fingerprint density at radius 1 is 1.04 bits per heavy atom. The summed E-state index contributed by atoms with van der Waals surface area (Å²) in [5, 5.41) is 6.94. The molecule has 1 N–H and O–H groups in total. The Kier molecular flexibility index (Phi) is 4.23. The fourth-order valence-electron chi connectivity index (χ4n) is 3.10. The van der Waals surface area contributed by atoms with Crippen LogP contribution in [0.4, 0.5) is 5.82 Å². The number of carbonyl (C=O) groups is 3. The van der Waals surface area contributed by atoms with Gasteiger partial charge in [0.2, 0.25) is 5.91 Å². The summed E-state index contributed by atoms with van der Waals surface area (Å²) >= 11 is 0. The third-order valence-electron chi connectivity index (χ3n) is 4.61. The molecule has 3 heterocycles. The molecule has 1 aliphatic heterocycles. The SMILES string of the molecule is Cc1ccc2c(c1)C(=O)N([C@@H](C)C(=O)Nc1ccn(-c3ccncc3)n1)C2=O. The number of benzene rings is 1. The van der Waals surface area contributed by atoms with Gasteiger partial charge in [-0.1, -0.05) is 11.6 Å². The number of fused-ring (bicyclic) bond motifs is 1. The van der Waals surface area contributed by atoms with Crippen LogP contribution >= 0.6 is 0 Å². The summed E-state index contributed by atoms with van der Waals surface area (Å²) in [5.74, 6) is -1.11. The van der Waals surface area contributed by atoms with Crippen molar-refractivity contribution in [2.45, 2.75) is 19.9 Å². The number of imide groups is 1. The molecule has 28 heavy (non-hydrogen) atoms. The Balaban J connectivity index is 1.51. The van der Waals surface area contributed by atoms with Crippen LogP contribution in [0.3, 0.4) is 0 Å². The highest BCUT2D eigenvalue weighted by molar-refractivity contribution is 6.23. The third kappa shape index (κ3) is 2.94. The Morgan fingerprint density at radius 2 is 1.75 bits per heavy atom. The first-order chi connectivity index (χ1) is 13.5. The summed E-state index contributed by atoms with van der Waals surface area (Å²) < 4.78 is 1.59. The molecule has 3 amide bonds. The number of nitrogens with zero attached hydrogens (tertiary/aromatic N) is 4. The van der Waals surface area contributed by atoms with Gasteiger partial charge in [0.1, 0.15) is 6.04 Å². The molecule has 0 unspecified atom stereocenters. The largest absolute Gasteiger partial charge is 0.307 e. The van der Waals surface area contributed by atoms with Crippen molar-refractivity contribution in [3.05, 3.63) is 71.7 Å².